The summed E-state index contributed by atoms with van der Waals surface area (Å²) in [7, 11) is -5.08. The highest BCUT2D eigenvalue weighted by atomic mass is 32.2. The number of rotatable bonds is 5. The molecule has 0 atom stereocenters. The Hall–Kier alpha value is -1.67. The lowest BCUT2D eigenvalue weighted by Gasteiger charge is -2.03. The summed E-state index contributed by atoms with van der Waals surface area (Å²) in [5.41, 5.74) is -0.944. The molecule has 0 aliphatic carbocycles. The topological polar surface area (TPSA) is 129 Å². The zero-order valence-electron chi connectivity index (χ0n) is 7.37. The van der Waals surface area contributed by atoms with Crippen LogP contribution in [-0.4, -0.2) is 35.1 Å². The average molecular weight is 236 g/mol. The van der Waals surface area contributed by atoms with E-state index >= 15 is 0 Å². The van der Waals surface area contributed by atoms with Crippen molar-refractivity contribution in [2.45, 2.75) is 6.42 Å². The first-order valence-electron chi connectivity index (χ1n) is 3.50. The maximum absolute atomic E-state index is 10.6. The molecule has 0 spiro atoms. The third kappa shape index (κ3) is 3.52. The lowest BCUT2D eigenvalue weighted by atomic mass is 10.2. The van der Waals surface area contributed by atoms with Crippen LogP contribution in [0, 0.1) is 0 Å². The van der Waals surface area contributed by atoms with E-state index in [1.54, 1.807) is 0 Å². The second-order valence-corrected chi connectivity index (χ2v) is 3.74. The van der Waals surface area contributed by atoms with E-state index in [2.05, 4.69) is 6.58 Å². The Balaban J connectivity index is 5.91. The number of carboxylic acid groups (broad SMARTS) is 2. The Morgan fingerprint density at radius 3 is 1.87 bits per heavy atom. The van der Waals surface area contributed by atoms with Crippen LogP contribution in [0.2, 0.25) is 0 Å². The molecule has 0 bridgehead atoms. The van der Waals surface area contributed by atoms with Gasteiger partial charge in [-0.1, -0.05) is 6.08 Å². The SMILES string of the molecule is C=CCC(C(=O)O)=C(C(=O)O)S(=O)(=O)O. The monoisotopic (exact) mass is 236 g/mol. The van der Waals surface area contributed by atoms with Gasteiger partial charge >= 0.3 is 22.1 Å². The van der Waals surface area contributed by atoms with Crippen molar-refractivity contribution in [3.8, 4) is 0 Å². The first-order chi connectivity index (χ1) is 6.71. The van der Waals surface area contributed by atoms with Crippen molar-refractivity contribution in [3.05, 3.63) is 23.1 Å². The molecule has 7 nitrogen and oxygen atoms in total. The van der Waals surface area contributed by atoms with E-state index in [-0.39, 0.29) is 0 Å². The van der Waals surface area contributed by atoms with E-state index in [9.17, 15) is 18.0 Å². The fourth-order valence-corrected chi connectivity index (χ4v) is 1.52. The van der Waals surface area contributed by atoms with E-state index in [0.29, 0.717) is 0 Å². The van der Waals surface area contributed by atoms with E-state index in [1.165, 1.54) is 0 Å². The molecule has 3 N–H and O–H groups in total. The van der Waals surface area contributed by atoms with Gasteiger partial charge in [0.25, 0.3) is 0 Å². The molecule has 15 heavy (non-hydrogen) atoms. The van der Waals surface area contributed by atoms with Crippen molar-refractivity contribution in [3.63, 3.8) is 0 Å². The molecule has 0 amide bonds. The number of hydrogen-bond donors (Lipinski definition) is 3. The maximum atomic E-state index is 10.6. The van der Waals surface area contributed by atoms with Crippen LogP contribution < -0.4 is 0 Å². The van der Waals surface area contributed by atoms with Crippen molar-refractivity contribution < 1.29 is 32.8 Å². The first-order valence-corrected chi connectivity index (χ1v) is 4.94. The van der Waals surface area contributed by atoms with E-state index in [4.69, 9.17) is 14.8 Å². The Morgan fingerprint density at radius 1 is 1.20 bits per heavy atom. The number of aliphatic carboxylic acids is 2. The number of allylic oxidation sites excluding steroid dienone is 1. The van der Waals surface area contributed by atoms with E-state index in [0.717, 1.165) is 6.08 Å². The molecule has 0 aliphatic rings. The van der Waals surface area contributed by atoms with Crippen molar-refractivity contribution in [1.82, 2.24) is 0 Å². The highest BCUT2D eigenvalue weighted by Gasteiger charge is 2.29. The molecule has 0 unspecified atom stereocenters. The second kappa shape index (κ2) is 4.71. The summed E-state index contributed by atoms with van der Waals surface area (Å²) >= 11 is 0. The van der Waals surface area contributed by atoms with Crippen LogP contribution in [0.1, 0.15) is 6.42 Å². The van der Waals surface area contributed by atoms with Crippen LogP contribution >= 0.6 is 0 Å². The highest BCUT2D eigenvalue weighted by molar-refractivity contribution is 7.90. The van der Waals surface area contributed by atoms with Crippen LogP contribution in [0.4, 0.5) is 0 Å². The van der Waals surface area contributed by atoms with Gasteiger partial charge in [0.2, 0.25) is 0 Å². The van der Waals surface area contributed by atoms with Crippen LogP contribution in [0.25, 0.3) is 0 Å². The third-order valence-corrected chi connectivity index (χ3v) is 2.27. The zero-order valence-corrected chi connectivity index (χ0v) is 8.19. The largest absolute Gasteiger partial charge is 0.478 e. The summed E-state index contributed by atoms with van der Waals surface area (Å²) < 4.78 is 29.8. The molecule has 0 aromatic heterocycles. The van der Waals surface area contributed by atoms with Gasteiger partial charge in [-0.2, -0.15) is 8.42 Å². The Labute approximate surface area is 85.1 Å². The van der Waals surface area contributed by atoms with Crippen molar-refractivity contribution >= 4 is 22.1 Å². The smallest absolute Gasteiger partial charge is 0.350 e. The first kappa shape index (κ1) is 13.3. The van der Waals surface area contributed by atoms with Crippen molar-refractivity contribution in [2.24, 2.45) is 0 Å². The molecule has 0 saturated carbocycles. The van der Waals surface area contributed by atoms with Gasteiger partial charge in [-0.05, 0) is 6.42 Å². The van der Waals surface area contributed by atoms with E-state index < -0.39 is 39.0 Å². The van der Waals surface area contributed by atoms with Crippen molar-refractivity contribution in [2.75, 3.05) is 0 Å². The lowest BCUT2D eigenvalue weighted by molar-refractivity contribution is -0.135. The minimum Gasteiger partial charge on any atom is -0.478 e. The van der Waals surface area contributed by atoms with E-state index in [1.807, 2.05) is 0 Å². The highest BCUT2D eigenvalue weighted by Crippen LogP contribution is 2.15. The minimum absolute atomic E-state index is 0.489. The molecular formula is C7H8O7S. The molecule has 0 radical (unpaired) electrons. The van der Waals surface area contributed by atoms with Gasteiger partial charge in [0.15, 0.2) is 4.91 Å². The summed E-state index contributed by atoms with van der Waals surface area (Å²) in [5.74, 6) is -3.78. The summed E-state index contributed by atoms with van der Waals surface area (Å²) in [4.78, 5) is 19.5. The van der Waals surface area contributed by atoms with Gasteiger partial charge in [0.05, 0.1) is 5.57 Å². The van der Waals surface area contributed by atoms with Crippen LogP contribution in [0.15, 0.2) is 23.1 Å². The lowest BCUT2D eigenvalue weighted by Crippen LogP contribution is -2.18. The van der Waals surface area contributed by atoms with Crippen LogP contribution in [-0.2, 0) is 19.7 Å². The quantitative estimate of drug-likeness (QED) is 0.344. The molecular weight excluding hydrogens is 228 g/mol. The summed E-state index contributed by atoms with van der Waals surface area (Å²) in [6.07, 6.45) is 0.522. The Morgan fingerprint density at radius 2 is 1.67 bits per heavy atom. The third-order valence-electron chi connectivity index (χ3n) is 1.33. The molecule has 0 rings (SSSR count). The number of carbonyl (C=O) groups is 2. The molecule has 0 aromatic rings. The summed E-state index contributed by atoms with van der Waals surface area (Å²) in [6, 6.07) is 0. The van der Waals surface area contributed by atoms with Gasteiger partial charge in [0.1, 0.15) is 0 Å². The predicted molar refractivity (Wildman–Crippen MR) is 48.7 cm³/mol. The molecule has 0 fully saturated rings. The van der Waals surface area contributed by atoms with Crippen LogP contribution in [0.3, 0.4) is 0 Å². The molecule has 8 heteroatoms. The minimum atomic E-state index is -5.08. The molecule has 0 heterocycles. The van der Waals surface area contributed by atoms with Gasteiger partial charge in [-0.3, -0.25) is 4.55 Å². The standard InChI is InChI=1S/C7H8O7S/c1-2-3-4(6(8)9)5(7(10)11)15(12,13)14/h2H,1,3H2,(H,8,9)(H,10,11)(H,12,13,14). The molecule has 0 aliphatic heterocycles. The molecule has 0 saturated heterocycles. The molecule has 84 valence electrons. The summed E-state index contributed by atoms with van der Waals surface area (Å²) in [5, 5.41) is 17.0. The Kier molecular flexibility index (Phi) is 4.19. The van der Waals surface area contributed by atoms with Gasteiger partial charge in [-0.15, -0.1) is 6.58 Å². The summed E-state index contributed by atoms with van der Waals surface area (Å²) in [6.45, 7) is 3.14. The fraction of sp³-hybridized carbons (Fsp3) is 0.143. The Bertz CT molecular complexity index is 428. The van der Waals surface area contributed by atoms with Gasteiger partial charge in [-0.25, -0.2) is 9.59 Å². The normalized spacial score (nSPS) is 12.9. The second-order valence-electron chi connectivity index (χ2n) is 2.39. The van der Waals surface area contributed by atoms with Gasteiger partial charge in [0, 0.05) is 0 Å². The maximum Gasteiger partial charge on any atom is 0.350 e. The molecule has 0 aromatic carbocycles. The number of carboxylic acids is 2. The average Bonchev–Trinajstić information content (AvgIpc) is 1.99. The fourth-order valence-electron chi connectivity index (χ4n) is 0.817. The number of hydrogen-bond acceptors (Lipinski definition) is 4. The zero-order chi connectivity index (χ0) is 12.2. The van der Waals surface area contributed by atoms with Crippen molar-refractivity contribution in [1.29, 1.82) is 0 Å². The van der Waals surface area contributed by atoms with Crippen LogP contribution in [0.5, 0.6) is 0 Å². The van der Waals surface area contributed by atoms with Gasteiger partial charge < -0.3 is 10.2 Å². The predicted octanol–water partition coefficient (Wildman–Crippen LogP) is -0.126.